The van der Waals surface area contributed by atoms with Gasteiger partial charge in [0.15, 0.2) is 6.10 Å². The maximum atomic E-state index is 12.8. The fourth-order valence-electron chi connectivity index (χ4n) is 9.23. The van der Waals surface area contributed by atoms with Crippen molar-refractivity contribution in [2.24, 2.45) is 0 Å². The zero-order chi connectivity index (χ0) is 56.3. The smallest absolute Gasteiger partial charge is 0.462 e. The number of ether oxygens (including phenoxy) is 2. The predicted octanol–water partition coefficient (Wildman–Crippen LogP) is 20.7. The van der Waals surface area contributed by atoms with Crippen LogP contribution in [0.4, 0.5) is 0 Å². The molecule has 0 spiro atoms. The Labute approximate surface area is 476 Å². The molecule has 10 heteroatoms. The number of carbonyl (C=O) groups is 2. The molecule has 0 rings (SSSR count). The molecular weight excluding hydrogens is 978 g/mol. The zero-order valence-corrected chi connectivity index (χ0v) is 52.1. The molecule has 0 aliphatic rings. The summed E-state index contributed by atoms with van der Waals surface area (Å²) in [4.78, 5) is 35.7. The zero-order valence-electron chi connectivity index (χ0n) is 51.2. The number of likely N-dealkylation sites (N-methyl/N-ethyl adjacent to an activating group) is 1. The predicted molar refractivity (Wildman–Crippen MR) is 330 cm³/mol. The van der Waals surface area contributed by atoms with Crippen LogP contribution in [0.1, 0.15) is 303 Å². The van der Waals surface area contributed by atoms with Gasteiger partial charge in [-0.05, 0) is 83.5 Å². The third kappa shape index (κ3) is 62.8. The minimum Gasteiger partial charge on any atom is -0.462 e. The molecule has 0 heterocycles. The summed E-state index contributed by atoms with van der Waals surface area (Å²) in [6.07, 6.45) is 76.1. The molecule has 0 aliphatic carbocycles. The number of rotatable bonds is 60. The number of quaternary nitrogens is 1. The summed E-state index contributed by atoms with van der Waals surface area (Å²) in [7, 11) is 1.48. The van der Waals surface area contributed by atoms with Gasteiger partial charge in [-0.3, -0.25) is 18.6 Å². The lowest BCUT2D eigenvalue weighted by molar-refractivity contribution is -0.870. The Kier molecular flexibility index (Phi) is 56.6. The Hall–Kier alpha value is -2.29. The number of allylic oxidation sites excluding steroid dienone is 10. The molecule has 0 aromatic rings. The lowest BCUT2D eigenvalue weighted by Gasteiger charge is -2.24. The molecule has 0 aromatic heterocycles. The molecular formula is C67H125NO8P+. The molecule has 77 heavy (non-hydrogen) atoms. The van der Waals surface area contributed by atoms with Crippen molar-refractivity contribution >= 4 is 19.8 Å². The highest BCUT2D eigenvalue weighted by Gasteiger charge is 2.27. The maximum absolute atomic E-state index is 12.8. The van der Waals surface area contributed by atoms with E-state index in [9.17, 15) is 19.0 Å². The standard InChI is InChI=1S/C67H124NO8P/c1-6-8-10-12-14-16-18-20-22-24-25-26-27-28-29-30-31-32-33-34-35-36-37-38-39-40-41-42-43-44-46-48-50-52-54-56-58-60-67(70)76-65(64-75-77(71,72)74-62-61-68(3,4)5)63-73-66(69)59-57-55-53-51-49-47-45-23-21-19-17-15-13-11-9-7-2/h17-20,23-25,27-28,45,65H,6-16,21-22,26,29-44,46-64H2,1-5H3/p+1/b19-17-,20-18-,25-24-,28-27-,45-23-. The van der Waals surface area contributed by atoms with E-state index in [-0.39, 0.29) is 32.0 Å². The molecule has 9 nitrogen and oxygen atoms in total. The second-order valence-electron chi connectivity index (χ2n) is 23.1. The van der Waals surface area contributed by atoms with Crippen molar-refractivity contribution in [3.05, 3.63) is 60.8 Å². The molecule has 1 N–H and O–H groups in total. The van der Waals surface area contributed by atoms with Gasteiger partial charge in [0.2, 0.25) is 0 Å². The number of phosphoric acid groups is 1. The number of esters is 2. The second kappa shape index (κ2) is 58.4. The van der Waals surface area contributed by atoms with Crippen molar-refractivity contribution < 1.29 is 42.1 Å². The Balaban J connectivity index is 3.96. The number of hydrogen-bond acceptors (Lipinski definition) is 7. The van der Waals surface area contributed by atoms with Gasteiger partial charge in [0.05, 0.1) is 27.7 Å². The summed E-state index contributed by atoms with van der Waals surface area (Å²) in [6.45, 7) is 4.42. The average Bonchev–Trinajstić information content (AvgIpc) is 3.39. The number of hydrogen-bond donors (Lipinski definition) is 1. The Morgan fingerprint density at radius 1 is 0.403 bits per heavy atom. The van der Waals surface area contributed by atoms with Crippen LogP contribution in [-0.4, -0.2) is 74.9 Å². The van der Waals surface area contributed by atoms with Crippen LogP contribution in [0.3, 0.4) is 0 Å². The van der Waals surface area contributed by atoms with Crippen molar-refractivity contribution in [3.63, 3.8) is 0 Å². The van der Waals surface area contributed by atoms with Crippen molar-refractivity contribution in [3.8, 4) is 0 Å². The lowest BCUT2D eigenvalue weighted by atomic mass is 10.0. The molecule has 0 bridgehead atoms. The quantitative estimate of drug-likeness (QED) is 0.0211. The summed E-state index contributed by atoms with van der Waals surface area (Å²) in [6, 6.07) is 0. The summed E-state index contributed by atoms with van der Waals surface area (Å²) in [5.74, 6) is -0.803. The van der Waals surface area contributed by atoms with Crippen molar-refractivity contribution in [2.45, 2.75) is 309 Å². The van der Waals surface area contributed by atoms with E-state index in [4.69, 9.17) is 18.5 Å². The minimum absolute atomic E-state index is 0.0296. The average molecular weight is 1100 g/mol. The molecule has 0 saturated heterocycles. The number of phosphoric ester groups is 1. The van der Waals surface area contributed by atoms with E-state index in [2.05, 4.69) is 74.6 Å². The van der Waals surface area contributed by atoms with Gasteiger partial charge < -0.3 is 18.9 Å². The van der Waals surface area contributed by atoms with Crippen LogP contribution in [0.5, 0.6) is 0 Å². The van der Waals surface area contributed by atoms with E-state index < -0.39 is 26.5 Å². The first-order valence-electron chi connectivity index (χ1n) is 32.5. The molecule has 0 amide bonds. The first-order chi connectivity index (χ1) is 37.5. The number of carbonyl (C=O) groups excluding carboxylic acids is 2. The molecule has 0 aliphatic heterocycles. The van der Waals surface area contributed by atoms with Gasteiger partial charge in [-0.1, -0.05) is 267 Å². The Morgan fingerprint density at radius 3 is 1.05 bits per heavy atom. The fourth-order valence-corrected chi connectivity index (χ4v) is 9.97. The van der Waals surface area contributed by atoms with Crippen LogP contribution in [0.2, 0.25) is 0 Å². The molecule has 2 atom stereocenters. The first kappa shape index (κ1) is 74.7. The second-order valence-corrected chi connectivity index (χ2v) is 24.6. The van der Waals surface area contributed by atoms with Gasteiger partial charge in [-0.15, -0.1) is 0 Å². The van der Waals surface area contributed by atoms with Gasteiger partial charge in [-0.2, -0.15) is 0 Å². The third-order valence-corrected chi connectivity index (χ3v) is 15.3. The molecule has 0 fully saturated rings. The van der Waals surface area contributed by atoms with E-state index in [0.717, 1.165) is 70.6 Å². The van der Waals surface area contributed by atoms with Gasteiger partial charge >= 0.3 is 19.8 Å². The van der Waals surface area contributed by atoms with Gasteiger partial charge in [0.25, 0.3) is 0 Å². The SMILES string of the molecule is CCCCCC/C=C\C/C=C\CCCCCCCC(=O)OCC(COP(=O)(O)OCC[N+](C)(C)C)OC(=O)CCCCCCCCCCCCCCCCCCCCCCCC/C=C\C/C=C\C/C=C\CCCCCCC. The summed E-state index contributed by atoms with van der Waals surface area (Å²) in [5.41, 5.74) is 0. The number of nitrogens with zero attached hydrogens (tertiary/aromatic N) is 1. The minimum atomic E-state index is -4.39. The van der Waals surface area contributed by atoms with Gasteiger partial charge in [0, 0.05) is 12.8 Å². The molecule has 2 unspecified atom stereocenters. The van der Waals surface area contributed by atoms with Gasteiger partial charge in [-0.25, -0.2) is 4.57 Å². The fraction of sp³-hybridized carbons (Fsp3) is 0.821. The van der Waals surface area contributed by atoms with Crippen molar-refractivity contribution in [1.29, 1.82) is 0 Å². The van der Waals surface area contributed by atoms with Crippen LogP contribution in [-0.2, 0) is 32.7 Å². The Morgan fingerprint density at radius 2 is 0.701 bits per heavy atom. The Bertz CT molecular complexity index is 1480. The normalized spacial score (nSPS) is 13.6. The largest absolute Gasteiger partial charge is 0.472 e. The molecule has 0 radical (unpaired) electrons. The third-order valence-electron chi connectivity index (χ3n) is 14.3. The first-order valence-corrected chi connectivity index (χ1v) is 34.0. The topological polar surface area (TPSA) is 108 Å². The summed E-state index contributed by atoms with van der Waals surface area (Å²) in [5, 5.41) is 0. The summed E-state index contributed by atoms with van der Waals surface area (Å²) < 4.78 is 34.6. The summed E-state index contributed by atoms with van der Waals surface area (Å²) >= 11 is 0. The lowest BCUT2D eigenvalue weighted by Crippen LogP contribution is -2.37. The molecule has 0 aromatic carbocycles. The highest BCUT2D eigenvalue weighted by molar-refractivity contribution is 7.47. The van der Waals surface area contributed by atoms with E-state index in [1.54, 1.807) is 0 Å². The molecule has 0 saturated carbocycles. The van der Waals surface area contributed by atoms with Crippen LogP contribution >= 0.6 is 7.82 Å². The van der Waals surface area contributed by atoms with Crippen molar-refractivity contribution in [1.82, 2.24) is 0 Å². The van der Waals surface area contributed by atoms with E-state index in [0.29, 0.717) is 17.4 Å². The van der Waals surface area contributed by atoms with E-state index in [1.807, 2.05) is 21.1 Å². The molecule has 450 valence electrons. The van der Waals surface area contributed by atoms with Gasteiger partial charge in [0.1, 0.15) is 19.8 Å². The highest BCUT2D eigenvalue weighted by atomic mass is 31.2. The van der Waals surface area contributed by atoms with E-state index in [1.165, 1.54) is 199 Å². The maximum Gasteiger partial charge on any atom is 0.472 e. The van der Waals surface area contributed by atoms with Crippen LogP contribution in [0.15, 0.2) is 60.8 Å². The highest BCUT2D eigenvalue weighted by Crippen LogP contribution is 2.43. The van der Waals surface area contributed by atoms with Crippen LogP contribution in [0, 0.1) is 0 Å². The van der Waals surface area contributed by atoms with Crippen molar-refractivity contribution in [2.75, 3.05) is 47.5 Å². The number of unbranched alkanes of at least 4 members (excludes halogenated alkanes) is 36. The van der Waals surface area contributed by atoms with Crippen LogP contribution in [0.25, 0.3) is 0 Å². The van der Waals surface area contributed by atoms with Crippen LogP contribution < -0.4 is 0 Å². The van der Waals surface area contributed by atoms with E-state index >= 15 is 0 Å². The monoisotopic (exact) mass is 1100 g/mol.